The van der Waals surface area contributed by atoms with Crippen molar-refractivity contribution in [3.8, 4) is 28.6 Å². The Morgan fingerprint density at radius 2 is 1.69 bits per heavy atom. The van der Waals surface area contributed by atoms with Crippen molar-refractivity contribution in [2.75, 3.05) is 20.0 Å². The van der Waals surface area contributed by atoms with Crippen LogP contribution in [-0.2, 0) is 4.79 Å². The molecule has 0 aliphatic rings. The Labute approximate surface area is 154 Å². The van der Waals surface area contributed by atoms with Crippen LogP contribution in [-0.4, -0.2) is 45.8 Å². The van der Waals surface area contributed by atoms with Crippen LogP contribution in [0.25, 0.3) is 17.1 Å². The predicted molar refractivity (Wildman–Crippen MR) is 98.3 cm³/mol. The van der Waals surface area contributed by atoms with Gasteiger partial charge in [0, 0.05) is 0 Å². The molecular weight excluding hydrogens is 354 g/mol. The van der Waals surface area contributed by atoms with E-state index in [0.717, 1.165) is 17.3 Å². The second-order valence-corrected chi connectivity index (χ2v) is 6.14. The van der Waals surface area contributed by atoms with Gasteiger partial charge < -0.3 is 14.6 Å². The van der Waals surface area contributed by atoms with Crippen LogP contribution in [0.4, 0.5) is 0 Å². The molecule has 7 nitrogen and oxygen atoms in total. The summed E-state index contributed by atoms with van der Waals surface area (Å²) in [5, 5.41) is 18.0. The molecule has 0 unspecified atom stereocenters. The minimum absolute atomic E-state index is 0.126. The number of hydrogen-bond donors (Lipinski definition) is 1. The van der Waals surface area contributed by atoms with Crippen molar-refractivity contribution in [3.05, 3.63) is 48.5 Å². The Morgan fingerprint density at radius 1 is 1.04 bits per heavy atom. The number of benzene rings is 2. The minimum Gasteiger partial charge on any atom is -0.496 e. The number of carbonyl (C=O) groups is 1. The first-order chi connectivity index (χ1) is 12.7. The molecule has 0 saturated heterocycles. The van der Waals surface area contributed by atoms with E-state index in [-0.39, 0.29) is 5.75 Å². The maximum atomic E-state index is 11.0. The molecule has 3 aromatic rings. The van der Waals surface area contributed by atoms with Crippen molar-refractivity contribution < 1.29 is 19.4 Å². The largest absolute Gasteiger partial charge is 0.496 e. The van der Waals surface area contributed by atoms with Crippen LogP contribution in [0.5, 0.6) is 11.5 Å². The Kier molecular flexibility index (Phi) is 5.43. The molecule has 0 atom stereocenters. The average molecular weight is 371 g/mol. The highest BCUT2D eigenvalue weighted by atomic mass is 32.2. The van der Waals surface area contributed by atoms with E-state index in [9.17, 15) is 4.79 Å². The summed E-state index contributed by atoms with van der Waals surface area (Å²) in [4.78, 5) is 11.0. The lowest BCUT2D eigenvalue weighted by atomic mass is 10.2. The van der Waals surface area contributed by atoms with Crippen LogP contribution in [0.2, 0.25) is 0 Å². The molecule has 0 saturated carbocycles. The number of hydrogen-bond acceptors (Lipinski definition) is 6. The third-order valence-corrected chi connectivity index (χ3v) is 4.55. The van der Waals surface area contributed by atoms with E-state index >= 15 is 0 Å². The first kappa shape index (κ1) is 17.8. The van der Waals surface area contributed by atoms with Gasteiger partial charge in [-0.05, 0) is 24.3 Å². The van der Waals surface area contributed by atoms with Gasteiger partial charge >= 0.3 is 5.97 Å². The van der Waals surface area contributed by atoms with Crippen LogP contribution in [0.1, 0.15) is 0 Å². The molecular formula is C18H17N3O4S. The summed E-state index contributed by atoms with van der Waals surface area (Å²) in [7, 11) is 3.17. The number of rotatable bonds is 7. The normalized spacial score (nSPS) is 10.5. The first-order valence-corrected chi connectivity index (χ1v) is 8.71. The predicted octanol–water partition coefficient (Wildman–Crippen LogP) is 3.13. The number of nitrogens with zero attached hydrogens (tertiary/aromatic N) is 3. The van der Waals surface area contributed by atoms with E-state index < -0.39 is 5.97 Å². The molecule has 0 aliphatic heterocycles. The van der Waals surface area contributed by atoms with E-state index in [0.29, 0.717) is 28.2 Å². The molecule has 0 spiro atoms. The Balaban J connectivity index is 2.21. The summed E-state index contributed by atoms with van der Waals surface area (Å²) in [5.74, 6) is 0.758. The molecule has 0 amide bonds. The molecule has 8 heteroatoms. The topological polar surface area (TPSA) is 86.5 Å². The van der Waals surface area contributed by atoms with Crippen LogP contribution < -0.4 is 9.47 Å². The maximum absolute atomic E-state index is 11.0. The highest BCUT2D eigenvalue weighted by Crippen LogP contribution is 2.35. The Bertz CT molecular complexity index is 926. The molecule has 0 bridgehead atoms. The molecule has 3 rings (SSSR count). The molecule has 1 aromatic heterocycles. The molecule has 0 fully saturated rings. The monoisotopic (exact) mass is 371 g/mol. The van der Waals surface area contributed by atoms with Crippen LogP contribution in [0, 0.1) is 0 Å². The smallest absolute Gasteiger partial charge is 0.313 e. The molecule has 0 aliphatic carbocycles. The fourth-order valence-corrected chi connectivity index (χ4v) is 3.19. The quantitative estimate of drug-likeness (QED) is 0.639. The summed E-state index contributed by atoms with van der Waals surface area (Å²) in [6.07, 6.45) is 0. The van der Waals surface area contributed by atoms with Gasteiger partial charge in [-0.1, -0.05) is 36.0 Å². The standard InChI is InChI=1S/C18H17N3O4S/c1-24-14-9-5-3-7-12(14)17-19-20-18(26-11-16(22)23)21(17)13-8-4-6-10-15(13)25-2/h3-10H,11H2,1-2H3,(H,22,23). The molecule has 1 heterocycles. The van der Waals surface area contributed by atoms with E-state index in [2.05, 4.69) is 10.2 Å². The van der Waals surface area contributed by atoms with Crippen molar-refractivity contribution in [1.29, 1.82) is 0 Å². The van der Waals surface area contributed by atoms with E-state index in [1.165, 1.54) is 0 Å². The Morgan fingerprint density at radius 3 is 2.38 bits per heavy atom. The van der Waals surface area contributed by atoms with Gasteiger partial charge in [0.2, 0.25) is 0 Å². The van der Waals surface area contributed by atoms with Gasteiger partial charge in [0.1, 0.15) is 11.5 Å². The van der Waals surface area contributed by atoms with Gasteiger partial charge in [-0.3, -0.25) is 9.36 Å². The number of aliphatic carboxylic acids is 1. The number of aromatic nitrogens is 3. The third kappa shape index (κ3) is 3.50. The molecule has 1 N–H and O–H groups in total. The van der Waals surface area contributed by atoms with E-state index in [1.807, 2.05) is 48.5 Å². The summed E-state index contributed by atoms with van der Waals surface area (Å²) in [6, 6.07) is 14.9. The summed E-state index contributed by atoms with van der Waals surface area (Å²) < 4.78 is 12.7. The lowest BCUT2D eigenvalue weighted by Gasteiger charge is -2.14. The second kappa shape index (κ2) is 7.92. The summed E-state index contributed by atoms with van der Waals surface area (Å²) >= 11 is 1.09. The zero-order valence-corrected chi connectivity index (χ0v) is 15.1. The van der Waals surface area contributed by atoms with Crippen LogP contribution >= 0.6 is 11.8 Å². The number of carboxylic acid groups (broad SMARTS) is 1. The highest BCUT2D eigenvalue weighted by Gasteiger charge is 2.21. The lowest BCUT2D eigenvalue weighted by molar-refractivity contribution is -0.133. The fraction of sp³-hybridized carbons (Fsp3) is 0.167. The number of para-hydroxylation sites is 3. The second-order valence-electron chi connectivity index (χ2n) is 5.20. The van der Waals surface area contributed by atoms with Gasteiger partial charge in [0.25, 0.3) is 0 Å². The lowest BCUT2D eigenvalue weighted by Crippen LogP contribution is -2.05. The summed E-state index contributed by atoms with van der Waals surface area (Å²) in [5.41, 5.74) is 1.46. The van der Waals surface area contributed by atoms with Gasteiger partial charge in [-0.25, -0.2) is 0 Å². The molecule has 26 heavy (non-hydrogen) atoms. The number of ether oxygens (including phenoxy) is 2. The zero-order valence-electron chi connectivity index (χ0n) is 14.2. The van der Waals surface area contributed by atoms with E-state index in [1.54, 1.807) is 18.8 Å². The average Bonchev–Trinajstić information content (AvgIpc) is 3.09. The van der Waals surface area contributed by atoms with Gasteiger partial charge in [0.15, 0.2) is 11.0 Å². The van der Waals surface area contributed by atoms with Crippen molar-refractivity contribution in [2.45, 2.75) is 5.16 Å². The fourth-order valence-electron chi connectivity index (χ4n) is 2.53. The highest BCUT2D eigenvalue weighted by molar-refractivity contribution is 7.99. The third-order valence-electron chi connectivity index (χ3n) is 3.63. The van der Waals surface area contributed by atoms with Gasteiger partial charge in [0.05, 0.1) is 31.2 Å². The van der Waals surface area contributed by atoms with Crippen LogP contribution in [0.3, 0.4) is 0 Å². The van der Waals surface area contributed by atoms with Crippen molar-refractivity contribution in [3.63, 3.8) is 0 Å². The minimum atomic E-state index is -0.927. The number of carboxylic acids is 1. The number of thioether (sulfide) groups is 1. The van der Waals surface area contributed by atoms with Crippen molar-refractivity contribution >= 4 is 17.7 Å². The zero-order chi connectivity index (χ0) is 18.5. The van der Waals surface area contributed by atoms with Gasteiger partial charge in [-0.2, -0.15) is 0 Å². The molecule has 0 radical (unpaired) electrons. The van der Waals surface area contributed by atoms with E-state index in [4.69, 9.17) is 14.6 Å². The van der Waals surface area contributed by atoms with Crippen LogP contribution in [0.15, 0.2) is 53.7 Å². The van der Waals surface area contributed by atoms with Crippen molar-refractivity contribution in [1.82, 2.24) is 14.8 Å². The SMILES string of the molecule is COc1ccccc1-c1nnc(SCC(=O)O)n1-c1ccccc1OC. The number of methoxy groups -OCH3 is 2. The Hall–Kier alpha value is -3.00. The maximum Gasteiger partial charge on any atom is 0.313 e. The molecule has 2 aromatic carbocycles. The van der Waals surface area contributed by atoms with Crippen molar-refractivity contribution in [2.24, 2.45) is 0 Å². The molecule has 134 valence electrons. The summed E-state index contributed by atoms with van der Waals surface area (Å²) in [6.45, 7) is 0. The van der Waals surface area contributed by atoms with Gasteiger partial charge in [-0.15, -0.1) is 10.2 Å². The first-order valence-electron chi connectivity index (χ1n) is 7.72.